The average molecular weight is 179 g/mol. The van der Waals surface area contributed by atoms with Gasteiger partial charge < -0.3 is 15.9 Å². The number of carboxylic acid groups (broad SMARTS) is 1. The predicted octanol–water partition coefficient (Wildman–Crippen LogP) is -0.486. The molecule has 0 amide bonds. The van der Waals surface area contributed by atoms with Gasteiger partial charge in [0.1, 0.15) is 0 Å². The number of hydrogen-bond donors (Lipinski definition) is 3. The van der Waals surface area contributed by atoms with Gasteiger partial charge >= 0.3 is 5.97 Å². The fourth-order valence-corrected chi connectivity index (χ4v) is 1.29. The Morgan fingerprint density at radius 3 is 2.73 bits per heavy atom. The summed E-state index contributed by atoms with van der Waals surface area (Å²) in [6.45, 7) is 0.560. The SMILES string of the molecule is NCCSCC(O)CC(=O)O. The standard InChI is InChI=1S/C6H13NO3S/c7-1-2-11-4-5(8)3-6(9)10/h5,8H,1-4,7H2,(H,9,10). The Hall–Kier alpha value is -0.260. The summed E-state index contributed by atoms with van der Waals surface area (Å²) in [4.78, 5) is 10.0. The van der Waals surface area contributed by atoms with Crippen LogP contribution in [0.5, 0.6) is 0 Å². The molecule has 4 nitrogen and oxygen atoms in total. The summed E-state index contributed by atoms with van der Waals surface area (Å²) in [5, 5.41) is 17.3. The second kappa shape index (κ2) is 6.45. The molecular formula is C6H13NO3S. The van der Waals surface area contributed by atoms with Gasteiger partial charge in [0, 0.05) is 18.1 Å². The molecule has 0 saturated carbocycles. The molecule has 0 aromatic heterocycles. The molecule has 0 spiro atoms. The molecule has 66 valence electrons. The van der Waals surface area contributed by atoms with Crippen molar-refractivity contribution < 1.29 is 15.0 Å². The molecule has 0 saturated heterocycles. The number of hydrogen-bond acceptors (Lipinski definition) is 4. The Labute approximate surface area is 69.8 Å². The summed E-state index contributed by atoms with van der Waals surface area (Å²) >= 11 is 1.46. The van der Waals surface area contributed by atoms with Crippen molar-refractivity contribution in [3.8, 4) is 0 Å². The van der Waals surface area contributed by atoms with Crippen molar-refractivity contribution >= 4 is 17.7 Å². The number of aliphatic hydroxyl groups excluding tert-OH is 1. The van der Waals surface area contributed by atoms with Crippen molar-refractivity contribution in [1.82, 2.24) is 0 Å². The largest absolute Gasteiger partial charge is 0.481 e. The molecular weight excluding hydrogens is 166 g/mol. The molecule has 0 fully saturated rings. The predicted molar refractivity (Wildman–Crippen MR) is 44.6 cm³/mol. The van der Waals surface area contributed by atoms with Crippen LogP contribution < -0.4 is 5.73 Å². The molecule has 1 atom stereocenters. The van der Waals surface area contributed by atoms with E-state index in [1.807, 2.05) is 0 Å². The van der Waals surface area contributed by atoms with Crippen LogP contribution >= 0.6 is 11.8 Å². The Morgan fingerprint density at radius 2 is 2.27 bits per heavy atom. The number of rotatable bonds is 6. The Balaban J connectivity index is 3.22. The van der Waals surface area contributed by atoms with Crippen molar-refractivity contribution in [3.05, 3.63) is 0 Å². The molecule has 0 rings (SSSR count). The van der Waals surface area contributed by atoms with Gasteiger partial charge in [0.15, 0.2) is 0 Å². The first-order valence-corrected chi connectivity index (χ1v) is 4.50. The van der Waals surface area contributed by atoms with Crippen LogP contribution in [-0.2, 0) is 4.79 Å². The van der Waals surface area contributed by atoms with Crippen molar-refractivity contribution in [3.63, 3.8) is 0 Å². The van der Waals surface area contributed by atoms with E-state index in [-0.39, 0.29) is 6.42 Å². The monoisotopic (exact) mass is 179 g/mol. The highest BCUT2D eigenvalue weighted by molar-refractivity contribution is 7.99. The normalized spacial score (nSPS) is 12.9. The van der Waals surface area contributed by atoms with Crippen molar-refractivity contribution in [2.75, 3.05) is 18.1 Å². The maximum absolute atomic E-state index is 10.0. The summed E-state index contributed by atoms with van der Waals surface area (Å²) < 4.78 is 0. The van der Waals surface area contributed by atoms with E-state index in [4.69, 9.17) is 15.9 Å². The van der Waals surface area contributed by atoms with E-state index in [2.05, 4.69) is 0 Å². The van der Waals surface area contributed by atoms with Crippen LogP contribution in [0.2, 0.25) is 0 Å². The molecule has 0 bridgehead atoms. The number of nitrogens with two attached hydrogens (primary N) is 1. The lowest BCUT2D eigenvalue weighted by Gasteiger charge is -2.05. The highest BCUT2D eigenvalue weighted by Crippen LogP contribution is 2.04. The van der Waals surface area contributed by atoms with Crippen molar-refractivity contribution in [2.24, 2.45) is 5.73 Å². The molecule has 0 aromatic rings. The van der Waals surface area contributed by atoms with E-state index in [1.54, 1.807) is 0 Å². The zero-order valence-corrected chi connectivity index (χ0v) is 7.01. The smallest absolute Gasteiger partial charge is 0.306 e. The number of aliphatic carboxylic acids is 1. The third-order valence-corrected chi connectivity index (χ3v) is 2.13. The number of carbonyl (C=O) groups is 1. The summed E-state index contributed by atoms with van der Waals surface area (Å²) in [5.74, 6) is 0.242. The number of carboxylic acids is 1. The molecule has 5 heteroatoms. The first kappa shape index (κ1) is 10.7. The highest BCUT2D eigenvalue weighted by atomic mass is 32.2. The molecule has 0 heterocycles. The van der Waals surface area contributed by atoms with E-state index < -0.39 is 12.1 Å². The molecule has 0 aliphatic rings. The van der Waals surface area contributed by atoms with Crippen LogP contribution in [0.1, 0.15) is 6.42 Å². The summed E-state index contributed by atoms with van der Waals surface area (Å²) in [7, 11) is 0. The third kappa shape index (κ3) is 7.64. The van der Waals surface area contributed by atoms with Crippen molar-refractivity contribution in [2.45, 2.75) is 12.5 Å². The minimum absolute atomic E-state index is 0.183. The molecule has 1 unspecified atom stereocenters. The molecule has 0 radical (unpaired) electrons. The fraction of sp³-hybridized carbons (Fsp3) is 0.833. The Bertz CT molecular complexity index is 120. The third-order valence-electron chi connectivity index (χ3n) is 0.983. The van der Waals surface area contributed by atoms with Gasteiger partial charge in [-0.1, -0.05) is 0 Å². The number of aliphatic hydroxyl groups is 1. The first-order chi connectivity index (χ1) is 5.16. The molecule has 4 N–H and O–H groups in total. The lowest BCUT2D eigenvalue weighted by Crippen LogP contribution is -2.16. The number of thioether (sulfide) groups is 1. The van der Waals surface area contributed by atoms with Gasteiger partial charge in [-0.25, -0.2) is 0 Å². The minimum Gasteiger partial charge on any atom is -0.481 e. The van der Waals surface area contributed by atoms with Gasteiger partial charge in [0.05, 0.1) is 12.5 Å². The second-order valence-electron chi connectivity index (χ2n) is 2.12. The maximum Gasteiger partial charge on any atom is 0.306 e. The van der Waals surface area contributed by atoms with E-state index in [0.29, 0.717) is 12.3 Å². The van der Waals surface area contributed by atoms with Gasteiger partial charge in [-0.2, -0.15) is 11.8 Å². The topological polar surface area (TPSA) is 83.5 Å². The molecule has 0 aromatic carbocycles. The minimum atomic E-state index is -0.967. The summed E-state index contributed by atoms with van der Waals surface area (Å²) in [6.07, 6.45) is -0.929. The van der Waals surface area contributed by atoms with Gasteiger partial charge in [0.25, 0.3) is 0 Å². The first-order valence-electron chi connectivity index (χ1n) is 3.34. The van der Waals surface area contributed by atoms with Gasteiger partial charge in [-0.15, -0.1) is 0 Å². The van der Waals surface area contributed by atoms with Crippen LogP contribution in [-0.4, -0.2) is 40.3 Å². The Morgan fingerprint density at radius 1 is 1.64 bits per heavy atom. The second-order valence-corrected chi connectivity index (χ2v) is 3.27. The highest BCUT2D eigenvalue weighted by Gasteiger charge is 2.08. The van der Waals surface area contributed by atoms with E-state index >= 15 is 0 Å². The van der Waals surface area contributed by atoms with Crippen LogP contribution in [0, 0.1) is 0 Å². The van der Waals surface area contributed by atoms with Crippen LogP contribution in [0.15, 0.2) is 0 Å². The van der Waals surface area contributed by atoms with E-state index in [9.17, 15) is 4.79 Å². The van der Waals surface area contributed by atoms with Gasteiger partial charge in [0.2, 0.25) is 0 Å². The van der Waals surface area contributed by atoms with Crippen LogP contribution in [0.4, 0.5) is 0 Å². The van der Waals surface area contributed by atoms with E-state index in [0.717, 1.165) is 5.75 Å². The van der Waals surface area contributed by atoms with Gasteiger partial charge in [-0.3, -0.25) is 4.79 Å². The average Bonchev–Trinajstić information content (AvgIpc) is 1.86. The lowest BCUT2D eigenvalue weighted by molar-refractivity contribution is -0.138. The fourth-order valence-electron chi connectivity index (χ4n) is 0.563. The zero-order chi connectivity index (χ0) is 8.69. The van der Waals surface area contributed by atoms with E-state index in [1.165, 1.54) is 11.8 Å². The van der Waals surface area contributed by atoms with Crippen LogP contribution in [0.25, 0.3) is 0 Å². The summed E-state index contributed by atoms with van der Waals surface area (Å²) in [6, 6.07) is 0. The van der Waals surface area contributed by atoms with Crippen LogP contribution in [0.3, 0.4) is 0 Å². The molecule has 0 aliphatic heterocycles. The lowest BCUT2D eigenvalue weighted by atomic mass is 10.3. The van der Waals surface area contributed by atoms with Crippen molar-refractivity contribution in [1.29, 1.82) is 0 Å². The zero-order valence-electron chi connectivity index (χ0n) is 6.19. The Kier molecular flexibility index (Phi) is 6.30. The maximum atomic E-state index is 10.0. The quantitative estimate of drug-likeness (QED) is 0.479. The summed E-state index contributed by atoms with van der Waals surface area (Å²) in [5.41, 5.74) is 5.20. The van der Waals surface area contributed by atoms with Gasteiger partial charge in [-0.05, 0) is 0 Å². The molecule has 11 heavy (non-hydrogen) atoms. The molecule has 0 aliphatic carbocycles.